The minimum Gasteiger partial charge on any atom is -0.462 e. The van der Waals surface area contributed by atoms with E-state index < -0.39 is 0 Å². The van der Waals surface area contributed by atoms with E-state index in [4.69, 9.17) is 9.47 Å². The van der Waals surface area contributed by atoms with Crippen molar-refractivity contribution in [2.45, 2.75) is 65.1 Å². The largest absolute Gasteiger partial charge is 0.462 e. The van der Waals surface area contributed by atoms with Crippen LogP contribution in [0.25, 0.3) is 32.3 Å². The summed E-state index contributed by atoms with van der Waals surface area (Å²) in [5.41, 5.74) is 1.01. The van der Waals surface area contributed by atoms with Crippen molar-refractivity contribution in [1.29, 1.82) is 0 Å². The number of carbonyl (C=O) groups is 2. The molecule has 1 aliphatic carbocycles. The van der Waals surface area contributed by atoms with Gasteiger partial charge in [0, 0.05) is 0 Å². The van der Waals surface area contributed by atoms with Gasteiger partial charge >= 0.3 is 11.9 Å². The summed E-state index contributed by atoms with van der Waals surface area (Å²) >= 11 is 0. The molecule has 0 heterocycles. The molecule has 4 heteroatoms. The minimum absolute atomic E-state index is 0.0739. The first-order chi connectivity index (χ1) is 16.4. The lowest BCUT2D eigenvalue weighted by Gasteiger charge is -2.28. The first kappa shape index (κ1) is 22.6. The topological polar surface area (TPSA) is 52.6 Å². The predicted octanol–water partition coefficient (Wildman–Crippen LogP) is 7.34. The predicted molar refractivity (Wildman–Crippen MR) is 136 cm³/mol. The van der Waals surface area contributed by atoms with E-state index in [0.717, 1.165) is 24.8 Å². The Morgan fingerprint density at radius 1 is 0.853 bits per heavy atom. The summed E-state index contributed by atoms with van der Waals surface area (Å²) in [5.74, 6) is -0.484. The summed E-state index contributed by atoms with van der Waals surface area (Å²) < 4.78 is 11.6. The van der Waals surface area contributed by atoms with Crippen LogP contribution >= 0.6 is 0 Å². The van der Waals surface area contributed by atoms with Gasteiger partial charge in [-0.1, -0.05) is 56.3 Å². The van der Waals surface area contributed by atoms with Crippen LogP contribution in [-0.2, 0) is 19.1 Å². The van der Waals surface area contributed by atoms with Crippen molar-refractivity contribution < 1.29 is 19.1 Å². The Bertz CT molecular complexity index is 1270. The summed E-state index contributed by atoms with van der Waals surface area (Å²) in [7, 11) is 0. The van der Waals surface area contributed by atoms with Crippen molar-refractivity contribution in [3.8, 4) is 0 Å². The second-order valence-corrected chi connectivity index (χ2v) is 9.85. The molecular formula is C30H32O4. The Labute approximate surface area is 200 Å². The monoisotopic (exact) mass is 456 g/mol. The molecule has 0 aliphatic heterocycles. The third kappa shape index (κ3) is 4.22. The van der Waals surface area contributed by atoms with E-state index in [1.807, 2.05) is 20.8 Å². The van der Waals surface area contributed by atoms with Crippen LogP contribution in [0, 0.1) is 11.8 Å². The average molecular weight is 457 g/mol. The molecule has 0 spiro atoms. The van der Waals surface area contributed by atoms with Crippen LogP contribution in [0.15, 0.2) is 54.6 Å². The molecule has 2 unspecified atom stereocenters. The Kier molecular flexibility index (Phi) is 6.16. The number of hydrogen-bond acceptors (Lipinski definition) is 4. The molecule has 1 fully saturated rings. The quantitative estimate of drug-likeness (QED) is 0.225. The lowest BCUT2D eigenvalue weighted by Crippen LogP contribution is -2.30. The number of esters is 2. The highest BCUT2D eigenvalue weighted by molar-refractivity contribution is 6.23. The summed E-state index contributed by atoms with van der Waals surface area (Å²) in [6, 6.07) is 19.3. The average Bonchev–Trinajstić information content (AvgIpc) is 2.86. The van der Waals surface area contributed by atoms with Gasteiger partial charge in [-0.2, -0.15) is 0 Å². The molecule has 0 aromatic heterocycles. The molecule has 0 N–H and O–H groups in total. The maximum atomic E-state index is 12.9. The molecule has 4 aromatic carbocycles. The molecule has 5 rings (SSSR count). The number of ether oxygens (including phenoxy) is 2. The van der Waals surface area contributed by atoms with E-state index in [0.29, 0.717) is 12.8 Å². The Morgan fingerprint density at radius 2 is 1.41 bits per heavy atom. The van der Waals surface area contributed by atoms with E-state index in [9.17, 15) is 9.59 Å². The zero-order valence-corrected chi connectivity index (χ0v) is 20.2. The Balaban J connectivity index is 1.27. The van der Waals surface area contributed by atoms with Crippen molar-refractivity contribution in [3.05, 3.63) is 60.2 Å². The van der Waals surface area contributed by atoms with Crippen LogP contribution in [0.3, 0.4) is 0 Å². The van der Waals surface area contributed by atoms with Gasteiger partial charge in [0.15, 0.2) is 0 Å². The molecule has 4 aromatic rings. The van der Waals surface area contributed by atoms with Gasteiger partial charge in [-0.25, -0.2) is 0 Å². The molecular weight excluding hydrogens is 424 g/mol. The molecule has 2 atom stereocenters. The third-order valence-electron chi connectivity index (χ3n) is 7.55. The fourth-order valence-corrected chi connectivity index (χ4v) is 5.21. The maximum Gasteiger partial charge on any atom is 0.309 e. The van der Waals surface area contributed by atoms with E-state index in [1.54, 1.807) is 0 Å². The highest BCUT2D eigenvalue weighted by Crippen LogP contribution is 2.37. The van der Waals surface area contributed by atoms with Gasteiger partial charge in [0.25, 0.3) is 0 Å². The van der Waals surface area contributed by atoms with Crippen molar-refractivity contribution in [1.82, 2.24) is 0 Å². The molecule has 0 radical (unpaired) electrons. The van der Waals surface area contributed by atoms with E-state index in [1.165, 1.54) is 32.3 Å². The molecule has 1 aliphatic rings. The van der Waals surface area contributed by atoms with Gasteiger partial charge in [0.1, 0.15) is 12.2 Å². The van der Waals surface area contributed by atoms with Crippen LogP contribution in [0.4, 0.5) is 0 Å². The molecule has 34 heavy (non-hydrogen) atoms. The molecule has 0 saturated heterocycles. The first-order valence-corrected chi connectivity index (χ1v) is 12.5. The minimum atomic E-state index is -0.324. The standard InChI is InChI=1S/C30H32O4/c1-4-18(2)29(31)34-26-14-12-22(13-15-26)30(32)33-19(3)25-16-23-10-8-20-6-5-7-21-9-11-24(17-25)28(23)27(20)21/h5-11,16-19,22,26H,4,12-15H2,1-3H3. The summed E-state index contributed by atoms with van der Waals surface area (Å²) in [5, 5.41) is 7.39. The summed E-state index contributed by atoms with van der Waals surface area (Å²) in [6.07, 6.45) is 3.21. The number of hydrogen-bond donors (Lipinski definition) is 0. The van der Waals surface area contributed by atoms with Crippen molar-refractivity contribution in [2.75, 3.05) is 0 Å². The number of rotatable bonds is 6. The van der Waals surface area contributed by atoms with Crippen LogP contribution in [-0.4, -0.2) is 18.0 Å². The lowest BCUT2D eigenvalue weighted by molar-refractivity contribution is -0.159. The highest BCUT2D eigenvalue weighted by atomic mass is 16.5. The molecule has 4 nitrogen and oxygen atoms in total. The van der Waals surface area contributed by atoms with E-state index >= 15 is 0 Å². The van der Waals surface area contributed by atoms with E-state index in [2.05, 4.69) is 54.6 Å². The Hall–Kier alpha value is -3.14. The molecule has 1 saturated carbocycles. The van der Waals surface area contributed by atoms with Gasteiger partial charge in [0.2, 0.25) is 0 Å². The van der Waals surface area contributed by atoms with Crippen LogP contribution in [0.2, 0.25) is 0 Å². The molecule has 176 valence electrons. The van der Waals surface area contributed by atoms with E-state index in [-0.39, 0.29) is 36.0 Å². The van der Waals surface area contributed by atoms with Crippen LogP contribution in [0.5, 0.6) is 0 Å². The van der Waals surface area contributed by atoms with Crippen LogP contribution in [0.1, 0.15) is 64.5 Å². The second-order valence-electron chi connectivity index (χ2n) is 9.85. The zero-order chi connectivity index (χ0) is 23.8. The lowest BCUT2D eigenvalue weighted by atomic mass is 9.87. The van der Waals surface area contributed by atoms with Gasteiger partial charge < -0.3 is 9.47 Å². The second kappa shape index (κ2) is 9.25. The van der Waals surface area contributed by atoms with Crippen molar-refractivity contribution in [2.24, 2.45) is 11.8 Å². The Morgan fingerprint density at radius 3 is 2.00 bits per heavy atom. The molecule has 0 bridgehead atoms. The normalized spacial score (nSPS) is 20.4. The van der Waals surface area contributed by atoms with Gasteiger partial charge in [-0.05, 0) is 89.0 Å². The fraction of sp³-hybridized carbons (Fsp3) is 0.400. The first-order valence-electron chi connectivity index (χ1n) is 12.5. The van der Waals surface area contributed by atoms with Crippen LogP contribution < -0.4 is 0 Å². The maximum absolute atomic E-state index is 12.9. The number of benzene rings is 4. The third-order valence-corrected chi connectivity index (χ3v) is 7.55. The van der Waals surface area contributed by atoms with Crippen molar-refractivity contribution >= 4 is 44.3 Å². The highest BCUT2D eigenvalue weighted by Gasteiger charge is 2.31. The zero-order valence-electron chi connectivity index (χ0n) is 20.2. The summed E-state index contributed by atoms with van der Waals surface area (Å²) in [4.78, 5) is 25.0. The van der Waals surface area contributed by atoms with Gasteiger partial charge in [-0.3, -0.25) is 9.59 Å². The summed E-state index contributed by atoms with van der Waals surface area (Å²) in [6.45, 7) is 5.83. The SMILES string of the molecule is CCC(C)C(=O)OC1CCC(C(=O)OC(C)c2cc3ccc4cccc5ccc(c2)c3c45)CC1. The smallest absolute Gasteiger partial charge is 0.309 e. The number of carbonyl (C=O) groups excluding carboxylic acids is 2. The van der Waals surface area contributed by atoms with Gasteiger partial charge in [-0.15, -0.1) is 0 Å². The molecule has 0 amide bonds. The fourth-order valence-electron chi connectivity index (χ4n) is 5.21. The van der Waals surface area contributed by atoms with Gasteiger partial charge in [0.05, 0.1) is 11.8 Å². The van der Waals surface area contributed by atoms with Crippen molar-refractivity contribution in [3.63, 3.8) is 0 Å².